The summed E-state index contributed by atoms with van der Waals surface area (Å²) in [5, 5.41) is 3.44. The molecule has 0 aromatic carbocycles. The molecule has 2 rings (SSSR count). The van der Waals surface area contributed by atoms with Gasteiger partial charge in [0.05, 0.1) is 12.0 Å². The van der Waals surface area contributed by atoms with E-state index in [0.717, 1.165) is 25.7 Å². The van der Waals surface area contributed by atoms with E-state index in [1.807, 2.05) is 12.5 Å². The van der Waals surface area contributed by atoms with Gasteiger partial charge < -0.3 is 9.88 Å². The minimum Gasteiger partial charge on any atom is -0.332 e. The first kappa shape index (κ1) is 13.6. The molecule has 1 aliphatic rings. The summed E-state index contributed by atoms with van der Waals surface area (Å²) in [7, 11) is 2.24. The van der Waals surface area contributed by atoms with Crippen LogP contribution in [0.4, 0.5) is 0 Å². The van der Waals surface area contributed by atoms with Crippen LogP contribution < -0.4 is 5.32 Å². The largest absolute Gasteiger partial charge is 0.332 e. The van der Waals surface area contributed by atoms with E-state index in [4.69, 9.17) is 0 Å². The lowest BCUT2D eigenvalue weighted by molar-refractivity contribution is 0.224. The fourth-order valence-corrected chi connectivity index (χ4v) is 2.31. The normalized spacial score (nSPS) is 17.3. The van der Waals surface area contributed by atoms with Crippen LogP contribution in [0.2, 0.25) is 0 Å². The Morgan fingerprint density at radius 3 is 3.00 bits per heavy atom. The lowest BCUT2D eigenvalue weighted by Crippen LogP contribution is -2.35. The van der Waals surface area contributed by atoms with Crippen molar-refractivity contribution in [2.24, 2.45) is 0 Å². The van der Waals surface area contributed by atoms with Crippen molar-refractivity contribution in [3.63, 3.8) is 0 Å². The first-order chi connectivity index (χ1) is 8.72. The third kappa shape index (κ3) is 3.56. The average molecular weight is 250 g/mol. The quantitative estimate of drug-likeness (QED) is 0.715. The molecule has 0 radical (unpaired) electrons. The maximum atomic E-state index is 4.28. The first-order valence-electron chi connectivity index (χ1n) is 7.14. The van der Waals surface area contributed by atoms with Crippen LogP contribution in [0.5, 0.6) is 0 Å². The molecule has 102 valence electrons. The summed E-state index contributed by atoms with van der Waals surface area (Å²) in [4.78, 5) is 6.78. The fraction of sp³-hybridized carbons (Fsp3) is 0.786. The number of likely N-dealkylation sites (N-methyl/N-ethyl adjacent to an activating group) is 1. The lowest BCUT2D eigenvalue weighted by Gasteiger charge is -2.25. The molecule has 18 heavy (non-hydrogen) atoms. The number of hydrogen-bond acceptors (Lipinski definition) is 3. The highest BCUT2D eigenvalue weighted by Crippen LogP contribution is 2.27. The van der Waals surface area contributed by atoms with Gasteiger partial charge in [-0.15, -0.1) is 0 Å². The van der Waals surface area contributed by atoms with Crippen LogP contribution in [0.1, 0.15) is 38.8 Å². The van der Waals surface area contributed by atoms with Crippen molar-refractivity contribution >= 4 is 0 Å². The maximum Gasteiger partial charge on any atom is 0.0949 e. The zero-order valence-electron chi connectivity index (χ0n) is 11.9. The average Bonchev–Trinajstić information content (AvgIpc) is 3.12. The van der Waals surface area contributed by atoms with Crippen LogP contribution in [0.3, 0.4) is 0 Å². The fourth-order valence-electron chi connectivity index (χ4n) is 2.31. The van der Waals surface area contributed by atoms with E-state index in [-0.39, 0.29) is 0 Å². The monoisotopic (exact) mass is 250 g/mol. The smallest absolute Gasteiger partial charge is 0.0949 e. The summed E-state index contributed by atoms with van der Waals surface area (Å²) in [6.07, 6.45) is 7.85. The van der Waals surface area contributed by atoms with Crippen LogP contribution in [0.15, 0.2) is 12.5 Å². The van der Waals surface area contributed by atoms with Gasteiger partial charge in [0.25, 0.3) is 0 Å². The SMILES string of the molecule is CCCNCc1cncn1CC(C)N(C)C1CC1. The van der Waals surface area contributed by atoms with Gasteiger partial charge in [0.15, 0.2) is 0 Å². The van der Waals surface area contributed by atoms with Crippen molar-refractivity contribution in [2.45, 2.75) is 58.3 Å². The van der Waals surface area contributed by atoms with Gasteiger partial charge in [-0.2, -0.15) is 0 Å². The van der Waals surface area contributed by atoms with Crippen LogP contribution in [-0.2, 0) is 13.1 Å². The Morgan fingerprint density at radius 2 is 2.33 bits per heavy atom. The molecule has 4 heteroatoms. The summed E-state index contributed by atoms with van der Waals surface area (Å²) in [6, 6.07) is 1.40. The Balaban J connectivity index is 1.85. The van der Waals surface area contributed by atoms with Crippen LogP contribution in [0, 0.1) is 0 Å². The molecule has 1 heterocycles. The second kappa shape index (κ2) is 6.34. The molecule has 0 aliphatic heterocycles. The summed E-state index contributed by atoms with van der Waals surface area (Å²) in [5.41, 5.74) is 1.29. The number of aromatic nitrogens is 2. The topological polar surface area (TPSA) is 33.1 Å². The predicted molar refractivity (Wildman–Crippen MR) is 74.5 cm³/mol. The van der Waals surface area contributed by atoms with Crippen molar-refractivity contribution in [3.8, 4) is 0 Å². The van der Waals surface area contributed by atoms with Gasteiger partial charge in [-0.05, 0) is 39.8 Å². The Kier molecular flexibility index (Phi) is 4.78. The van der Waals surface area contributed by atoms with E-state index in [1.54, 1.807) is 0 Å². The van der Waals surface area contributed by atoms with E-state index in [0.29, 0.717) is 6.04 Å². The van der Waals surface area contributed by atoms with Crippen molar-refractivity contribution in [3.05, 3.63) is 18.2 Å². The molecule has 1 aliphatic carbocycles. The zero-order chi connectivity index (χ0) is 13.0. The van der Waals surface area contributed by atoms with Crippen molar-refractivity contribution < 1.29 is 0 Å². The highest BCUT2D eigenvalue weighted by atomic mass is 15.2. The van der Waals surface area contributed by atoms with E-state index >= 15 is 0 Å². The molecule has 1 N–H and O–H groups in total. The molecule has 1 unspecified atom stereocenters. The van der Waals surface area contributed by atoms with Crippen molar-refractivity contribution in [2.75, 3.05) is 13.6 Å². The molecular formula is C14H26N4. The molecule has 1 saturated carbocycles. The number of rotatable bonds is 8. The Labute approximate surface area is 110 Å². The van der Waals surface area contributed by atoms with Gasteiger partial charge in [-0.25, -0.2) is 4.98 Å². The molecule has 0 spiro atoms. The third-order valence-corrected chi connectivity index (χ3v) is 3.81. The number of nitrogens with zero attached hydrogens (tertiary/aromatic N) is 3. The minimum absolute atomic E-state index is 0.580. The van der Waals surface area contributed by atoms with Crippen LogP contribution in [-0.4, -0.2) is 40.1 Å². The minimum atomic E-state index is 0.580. The van der Waals surface area contributed by atoms with E-state index < -0.39 is 0 Å². The summed E-state index contributed by atoms with van der Waals surface area (Å²) in [6.45, 7) is 7.53. The van der Waals surface area contributed by atoms with E-state index in [9.17, 15) is 0 Å². The Hall–Kier alpha value is -0.870. The third-order valence-electron chi connectivity index (χ3n) is 3.81. The first-order valence-corrected chi connectivity index (χ1v) is 7.14. The van der Waals surface area contributed by atoms with Crippen molar-refractivity contribution in [1.82, 2.24) is 19.8 Å². The van der Waals surface area contributed by atoms with Gasteiger partial charge in [-0.1, -0.05) is 6.92 Å². The Bertz CT molecular complexity index is 356. The van der Waals surface area contributed by atoms with Gasteiger partial charge >= 0.3 is 0 Å². The van der Waals surface area contributed by atoms with Gasteiger partial charge in [-0.3, -0.25) is 4.90 Å². The maximum absolute atomic E-state index is 4.28. The second-order valence-corrected chi connectivity index (χ2v) is 5.46. The summed E-state index contributed by atoms with van der Waals surface area (Å²) >= 11 is 0. The molecule has 4 nitrogen and oxygen atoms in total. The van der Waals surface area contributed by atoms with Gasteiger partial charge in [0.1, 0.15) is 0 Å². The molecule has 1 aromatic heterocycles. The molecule has 0 amide bonds. The number of hydrogen-bond donors (Lipinski definition) is 1. The lowest BCUT2D eigenvalue weighted by atomic mass is 10.2. The van der Waals surface area contributed by atoms with E-state index in [2.05, 4.69) is 40.7 Å². The molecule has 0 bridgehead atoms. The van der Waals surface area contributed by atoms with Gasteiger partial charge in [0.2, 0.25) is 0 Å². The van der Waals surface area contributed by atoms with E-state index in [1.165, 1.54) is 25.0 Å². The molecule has 0 saturated heterocycles. The highest BCUT2D eigenvalue weighted by molar-refractivity contribution is 4.99. The molecule has 1 aromatic rings. The summed E-state index contributed by atoms with van der Waals surface area (Å²) in [5.74, 6) is 0. The highest BCUT2D eigenvalue weighted by Gasteiger charge is 2.29. The second-order valence-electron chi connectivity index (χ2n) is 5.46. The van der Waals surface area contributed by atoms with Crippen LogP contribution >= 0.6 is 0 Å². The number of imidazole rings is 1. The van der Waals surface area contributed by atoms with Gasteiger partial charge in [0, 0.05) is 31.4 Å². The predicted octanol–water partition coefficient (Wildman–Crippen LogP) is 1.87. The summed E-state index contributed by atoms with van der Waals surface area (Å²) < 4.78 is 2.28. The molecular weight excluding hydrogens is 224 g/mol. The molecule has 1 atom stereocenters. The standard InChI is InChI=1S/C14H26N4/c1-4-7-15-8-14-9-16-11-18(14)10-12(2)17(3)13-5-6-13/h9,11-13,15H,4-8,10H2,1-3H3. The zero-order valence-corrected chi connectivity index (χ0v) is 11.9. The molecule has 1 fully saturated rings. The van der Waals surface area contributed by atoms with Crippen molar-refractivity contribution in [1.29, 1.82) is 0 Å². The Morgan fingerprint density at radius 1 is 1.56 bits per heavy atom. The van der Waals surface area contributed by atoms with Crippen LogP contribution in [0.25, 0.3) is 0 Å². The number of nitrogens with one attached hydrogen (secondary N) is 1.